The van der Waals surface area contributed by atoms with Crippen molar-refractivity contribution >= 4 is 0 Å². The van der Waals surface area contributed by atoms with Crippen LogP contribution in [0.4, 0.5) is 0 Å². The fraction of sp³-hybridized carbons (Fsp3) is 0.647. The Morgan fingerprint density at radius 2 is 1.79 bits per heavy atom. The monoisotopic (exact) mass is 263 g/mol. The van der Waals surface area contributed by atoms with Crippen LogP contribution in [0.3, 0.4) is 0 Å². The second-order valence-electron chi connectivity index (χ2n) is 6.12. The molecule has 2 unspecified atom stereocenters. The van der Waals surface area contributed by atoms with Gasteiger partial charge in [-0.3, -0.25) is 0 Å². The number of nitrogens with one attached hydrogen (secondary N) is 1. The maximum atomic E-state index is 5.47. The third kappa shape index (κ3) is 6.22. The van der Waals surface area contributed by atoms with Gasteiger partial charge in [-0.2, -0.15) is 0 Å². The summed E-state index contributed by atoms with van der Waals surface area (Å²) in [6.45, 7) is 9.85. The van der Waals surface area contributed by atoms with Gasteiger partial charge in [-0.1, -0.05) is 37.3 Å². The lowest BCUT2D eigenvalue weighted by Gasteiger charge is -2.27. The molecule has 1 N–H and O–H groups in total. The number of hydrogen-bond acceptors (Lipinski definition) is 2. The molecule has 108 valence electrons. The van der Waals surface area contributed by atoms with Crippen molar-refractivity contribution in [2.45, 2.75) is 58.1 Å². The predicted octanol–water partition coefficient (Wildman–Crippen LogP) is 3.97. The van der Waals surface area contributed by atoms with Crippen LogP contribution in [-0.2, 0) is 4.74 Å². The molecule has 2 nitrogen and oxygen atoms in total. The maximum Gasteiger partial charge on any atom is 0.0637 e. The molecule has 2 heteroatoms. The van der Waals surface area contributed by atoms with E-state index in [-0.39, 0.29) is 5.60 Å². The molecule has 1 aromatic rings. The van der Waals surface area contributed by atoms with Crippen LogP contribution in [0.5, 0.6) is 0 Å². The Labute approximate surface area is 118 Å². The highest BCUT2D eigenvalue weighted by Crippen LogP contribution is 2.18. The first-order valence-electron chi connectivity index (χ1n) is 7.28. The Kier molecular flexibility index (Phi) is 6.53. The predicted molar refractivity (Wildman–Crippen MR) is 82.6 cm³/mol. The maximum absolute atomic E-state index is 5.47. The van der Waals surface area contributed by atoms with E-state index in [1.165, 1.54) is 12.0 Å². The summed E-state index contributed by atoms with van der Waals surface area (Å²) in [5.41, 5.74) is 1.38. The molecule has 2 atom stereocenters. The van der Waals surface area contributed by atoms with Gasteiger partial charge in [0.2, 0.25) is 0 Å². The average Bonchev–Trinajstić information content (AvgIpc) is 2.39. The molecule has 0 aliphatic carbocycles. The highest BCUT2D eigenvalue weighted by Gasteiger charge is 2.19. The molecule has 0 radical (unpaired) electrons. The van der Waals surface area contributed by atoms with Crippen LogP contribution in [0.2, 0.25) is 0 Å². The van der Waals surface area contributed by atoms with Gasteiger partial charge in [-0.25, -0.2) is 0 Å². The molecular formula is C17H29NO. The van der Waals surface area contributed by atoms with Gasteiger partial charge >= 0.3 is 0 Å². The summed E-state index contributed by atoms with van der Waals surface area (Å²) in [6, 6.07) is 11.2. The van der Waals surface area contributed by atoms with E-state index in [2.05, 4.69) is 63.3 Å². The van der Waals surface area contributed by atoms with E-state index in [0.29, 0.717) is 12.0 Å². The van der Waals surface area contributed by atoms with E-state index in [0.717, 1.165) is 13.0 Å². The van der Waals surface area contributed by atoms with Crippen molar-refractivity contribution in [3.05, 3.63) is 35.9 Å². The molecule has 0 amide bonds. The van der Waals surface area contributed by atoms with Gasteiger partial charge < -0.3 is 10.1 Å². The van der Waals surface area contributed by atoms with Crippen LogP contribution in [-0.4, -0.2) is 25.3 Å². The van der Waals surface area contributed by atoms with E-state index in [1.54, 1.807) is 7.11 Å². The third-order valence-corrected chi connectivity index (χ3v) is 3.79. The van der Waals surface area contributed by atoms with Crippen molar-refractivity contribution in [3.8, 4) is 0 Å². The lowest BCUT2D eigenvalue weighted by Crippen LogP contribution is -2.36. The molecule has 19 heavy (non-hydrogen) atoms. The molecule has 0 saturated heterocycles. The Morgan fingerprint density at radius 3 is 2.37 bits per heavy atom. The zero-order valence-electron chi connectivity index (χ0n) is 13.1. The molecule has 0 bridgehead atoms. The number of methoxy groups -OCH3 is 1. The smallest absolute Gasteiger partial charge is 0.0637 e. The first-order valence-corrected chi connectivity index (χ1v) is 7.28. The summed E-state index contributed by atoms with van der Waals surface area (Å²) < 4.78 is 5.47. The van der Waals surface area contributed by atoms with Gasteiger partial charge in [0.25, 0.3) is 0 Å². The summed E-state index contributed by atoms with van der Waals surface area (Å²) in [6.07, 6.45) is 2.20. The minimum Gasteiger partial charge on any atom is -0.379 e. The quantitative estimate of drug-likeness (QED) is 0.766. The van der Waals surface area contributed by atoms with Gasteiger partial charge in [0.1, 0.15) is 0 Å². The summed E-state index contributed by atoms with van der Waals surface area (Å²) in [5, 5.41) is 3.59. The first kappa shape index (κ1) is 16.2. The normalized spacial score (nSPS) is 15.2. The summed E-state index contributed by atoms with van der Waals surface area (Å²) >= 11 is 0. The SMILES string of the molecule is COC(C)(C)CC(C)NCCC(C)c1ccccc1. The van der Waals surface area contributed by atoms with Crippen molar-refractivity contribution in [2.24, 2.45) is 0 Å². The van der Waals surface area contributed by atoms with Crippen LogP contribution in [0.1, 0.15) is 52.0 Å². The molecule has 0 fully saturated rings. The topological polar surface area (TPSA) is 21.3 Å². The van der Waals surface area contributed by atoms with Crippen LogP contribution < -0.4 is 5.32 Å². The third-order valence-electron chi connectivity index (χ3n) is 3.79. The molecule has 0 aliphatic rings. The molecular weight excluding hydrogens is 234 g/mol. The van der Waals surface area contributed by atoms with E-state index >= 15 is 0 Å². The molecule has 0 saturated carbocycles. The Hall–Kier alpha value is -0.860. The first-order chi connectivity index (χ1) is 8.94. The molecule has 0 spiro atoms. The van der Waals surface area contributed by atoms with Crippen molar-refractivity contribution in [1.82, 2.24) is 5.32 Å². The zero-order valence-corrected chi connectivity index (χ0v) is 13.1. The Bertz CT molecular complexity index is 348. The van der Waals surface area contributed by atoms with Crippen molar-refractivity contribution in [3.63, 3.8) is 0 Å². The summed E-state index contributed by atoms with van der Waals surface area (Å²) in [5.74, 6) is 0.608. The second kappa shape index (κ2) is 7.66. The lowest BCUT2D eigenvalue weighted by molar-refractivity contribution is 0.00858. The van der Waals surface area contributed by atoms with Gasteiger partial charge in [-0.15, -0.1) is 0 Å². The lowest BCUT2D eigenvalue weighted by atomic mass is 9.97. The Morgan fingerprint density at radius 1 is 1.16 bits per heavy atom. The average molecular weight is 263 g/mol. The molecule has 0 aromatic heterocycles. The van der Waals surface area contributed by atoms with E-state index < -0.39 is 0 Å². The van der Waals surface area contributed by atoms with E-state index in [4.69, 9.17) is 4.74 Å². The molecule has 1 aromatic carbocycles. The molecule has 0 aliphatic heterocycles. The molecule has 1 rings (SSSR count). The highest BCUT2D eigenvalue weighted by atomic mass is 16.5. The number of hydrogen-bond donors (Lipinski definition) is 1. The van der Waals surface area contributed by atoms with Gasteiger partial charge in [-0.05, 0) is 51.6 Å². The van der Waals surface area contributed by atoms with Crippen LogP contribution >= 0.6 is 0 Å². The summed E-state index contributed by atoms with van der Waals surface area (Å²) in [4.78, 5) is 0. The van der Waals surface area contributed by atoms with Gasteiger partial charge in [0, 0.05) is 13.2 Å². The molecule has 0 heterocycles. The minimum atomic E-state index is -0.0442. The van der Waals surface area contributed by atoms with Crippen molar-refractivity contribution in [2.75, 3.05) is 13.7 Å². The van der Waals surface area contributed by atoms with Crippen LogP contribution in [0.25, 0.3) is 0 Å². The van der Waals surface area contributed by atoms with E-state index in [9.17, 15) is 0 Å². The van der Waals surface area contributed by atoms with Crippen LogP contribution in [0.15, 0.2) is 30.3 Å². The van der Waals surface area contributed by atoms with Crippen molar-refractivity contribution < 1.29 is 4.74 Å². The number of ether oxygens (including phenoxy) is 1. The van der Waals surface area contributed by atoms with Crippen LogP contribution in [0, 0.1) is 0 Å². The van der Waals surface area contributed by atoms with E-state index in [1.807, 2.05) is 0 Å². The number of benzene rings is 1. The van der Waals surface area contributed by atoms with Gasteiger partial charge in [0.05, 0.1) is 5.60 Å². The minimum absolute atomic E-state index is 0.0442. The fourth-order valence-electron chi connectivity index (χ4n) is 2.39. The second-order valence-corrected chi connectivity index (χ2v) is 6.12. The van der Waals surface area contributed by atoms with Crippen molar-refractivity contribution in [1.29, 1.82) is 0 Å². The fourth-order valence-corrected chi connectivity index (χ4v) is 2.39. The standard InChI is InChI=1S/C17H29NO/c1-14(16-9-7-6-8-10-16)11-12-18-15(2)13-17(3,4)19-5/h6-10,14-15,18H,11-13H2,1-5H3. The highest BCUT2D eigenvalue weighted by molar-refractivity contribution is 5.18. The Balaban J connectivity index is 2.27. The van der Waals surface area contributed by atoms with Gasteiger partial charge in [0.15, 0.2) is 0 Å². The largest absolute Gasteiger partial charge is 0.379 e. The number of rotatable bonds is 8. The zero-order chi connectivity index (χ0) is 14.3. The summed E-state index contributed by atoms with van der Waals surface area (Å²) in [7, 11) is 1.78.